The second-order valence-corrected chi connectivity index (χ2v) is 4.25. The van der Waals surface area contributed by atoms with Gasteiger partial charge in [0.25, 0.3) is 0 Å². The average molecular weight is 244 g/mol. The minimum Gasteiger partial charge on any atom is -0.383 e. The molecule has 2 N–H and O–H groups in total. The SMILES string of the molecule is C[N@@+]1(c2cccc(C(F)(F)F)c2)CCC(N)=N1. The molecule has 1 aliphatic rings. The molecule has 6 heteroatoms. The molecule has 0 aliphatic carbocycles. The fourth-order valence-electron chi connectivity index (χ4n) is 1.88. The van der Waals surface area contributed by atoms with Gasteiger partial charge in [0.2, 0.25) is 0 Å². The third kappa shape index (κ3) is 2.26. The van der Waals surface area contributed by atoms with E-state index < -0.39 is 11.7 Å². The number of rotatable bonds is 1. The zero-order chi connectivity index (χ0) is 12.7. The van der Waals surface area contributed by atoms with Crippen LogP contribution in [0.25, 0.3) is 0 Å². The molecule has 92 valence electrons. The lowest BCUT2D eigenvalue weighted by molar-refractivity contribution is -0.137. The predicted octanol–water partition coefficient (Wildman–Crippen LogP) is 2.32. The van der Waals surface area contributed by atoms with Crippen LogP contribution in [0.4, 0.5) is 18.9 Å². The van der Waals surface area contributed by atoms with Crippen LogP contribution in [-0.4, -0.2) is 19.4 Å². The summed E-state index contributed by atoms with van der Waals surface area (Å²) in [6.07, 6.45) is -3.73. The van der Waals surface area contributed by atoms with Gasteiger partial charge in [-0.2, -0.15) is 17.8 Å². The highest BCUT2D eigenvalue weighted by Gasteiger charge is 2.35. The van der Waals surface area contributed by atoms with E-state index in [-0.39, 0.29) is 4.59 Å². The van der Waals surface area contributed by atoms with Crippen molar-refractivity contribution in [3.63, 3.8) is 0 Å². The van der Waals surface area contributed by atoms with Crippen LogP contribution in [0, 0.1) is 0 Å². The fraction of sp³-hybridized carbons (Fsp3) is 0.364. The first-order valence-electron chi connectivity index (χ1n) is 5.19. The third-order valence-electron chi connectivity index (χ3n) is 2.88. The second kappa shape index (κ2) is 3.73. The van der Waals surface area contributed by atoms with Gasteiger partial charge in [-0.15, -0.1) is 0 Å². The quantitative estimate of drug-likeness (QED) is 0.756. The molecule has 0 amide bonds. The van der Waals surface area contributed by atoms with Crippen molar-refractivity contribution in [3.05, 3.63) is 29.8 Å². The average Bonchev–Trinajstić information content (AvgIpc) is 2.59. The Morgan fingerprint density at radius 2 is 2.06 bits per heavy atom. The van der Waals surface area contributed by atoms with Crippen molar-refractivity contribution in [2.24, 2.45) is 10.8 Å². The first-order valence-corrected chi connectivity index (χ1v) is 5.19. The van der Waals surface area contributed by atoms with Gasteiger partial charge in [0, 0.05) is 12.1 Å². The minimum absolute atomic E-state index is 0.0791. The van der Waals surface area contributed by atoms with Crippen molar-refractivity contribution in [2.45, 2.75) is 12.6 Å². The molecule has 1 aromatic carbocycles. The maximum atomic E-state index is 12.6. The first-order chi connectivity index (χ1) is 7.81. The van der Waals surface area contributed by atoms with Crippen molar-refractivity contribution in [1.29, 1.82) is 0 Å². The summed E-state index contributed by atoms with van der Waals surface area (Å²) in [6, 6.07) is 5.21. The first kappa shape index (κ1) is 11.9. The van der Waals surface area contributed by atoms with E-state index in [0.717, 1.165) is 12.1 Å². The summed E-state index contributed by atoms with van der Waals surface area (Å²) >= 11 is 0. The lowest BCUT2D eigenvalue weighted by Gasteiger charge is -2.23. The van der Waals surface area contributed by atoms with Gasteiger partial charge in [-0.25, -0.2) is 0 Å². The van der Waals surface area contributed by atoms with Gasteiger partial charge in [0.1, 0.15) is 6.54 Å². The van der Waals surface area contributed by atoms with Gasteiger partial charge in [-0.3, -0.25) is 0 Å². The smallest absolute Gasteiger partial charge is 0.383 e. The molecule has 0 saturated heterocycles. The number of hydrogen-bond acceptors (Lipinski definition) is 2. The molecular formula is C11H13F3N3+. The van der Waals surface area contributed by atoms with Crippen LogP contribution in [0.1, 0.15) is 12.0 Å². The highest BCUT2D eigenvalue weighted by molar-refractivity contribution is 5.83. The molecule has 0 aromatic heterocycles. The van der Waals surface area contributed by atoms with Crippen molar-refractivity contribution in [1.82, 2.24) is 4.59 Å². The van der Waals surface area contributed by atoms with E-state index in [2.05, 4.69) is 5.10 Å². The number of alkyl halides is 3. The van der Waals surface area contributed by atoms with Gasteiger partial charge < -0.3 is 5.73 Å². The maximum Gasteiger partial charge on any atom is 0.416 e. The molecule has 0 fully saturated rings. The van der Waals surface area contributed by atoms with Crippen molar-refractivity contribution in [2.75, 3.05) is 13.6 Å². The van der Waals surface area contributed by atoms with Gasteiger partial charge in [-0.1, -0.05) is 11.2 Å². The minimum atomic E-state index is -4.33. The third-order valence-corrected chi connectivity index (χ3v) is 2.88. The molecule has 1 aliphatic heterocycles. The summed E-state index contributed by atoms with van der Waals surface area (Å²) in [5.74, 6) is 0.477. The van der Waals surface area contributed by atoms with E-state index >= 15 is 0 Å². The number of benzene rings is 1. The van der Waals surface area contributed by atoms with Gasteiger partial charge in [-0.05, 0) is 6.07 Å². The Bertz CT molecular complexity index is 467. The van der Waals surface area contributed by atoms with E-state index in [1.165, 1.54) is 6.07 Å². The Kier molecular flexibility index (Phi) is 2.61. The maximum absolute atomic E-state index is 12.6. The van der Waals surface area contributed by atoms with Crippen LogP contribution >= 0.6 is 0 Å². The standard InChI is InChI=1S/C11H13F3N3/c1-17(6-5-10(15)16-17)9-4-2-3-8(7-9)11(12,13)14/h2-4,7H,5-6H2,1H3,(H2,15,16)/q+1/t17-/m0/s1. The molecule has 0 radical (unpaired) electrons. The van der Waals surface area contributed by atoms with E-state index in [1.807, 2.05) is 0 Å². The Morgan fingerprint density at radius 3 is 2.59 bits per heavy atom. The lowest BCUT2D eigenvalue weighted by Crippen LogP contribution is -2.36. The van der Waals surface area contributed by atoms with E-state index in [4.69, 9.17) is 5.73 Å². The van der Waals surface area contributed by atoms with Crippen LogP contribution in [0.15, 0.2) is 29.4 Å². The molecule has 1 atom stereocenters. The summed E-state index contributed by atoms with van der Waals surface area (Å²) in [6.45, 7) is 0.590. The van der Waals surface area contributed by atoms with Crippen LogP contribution in [0.3, 0.4) is 0 Å². The van der Waals surface area contributed by atoms with Crippen LogP contribution < -0.4 is 10.3 Å². The number of nitrogens with two attached hydrogens (primary N) is 1. The summed E-state index contributed by atoms with van der Waals surface area (Å²) in [7, 11) is 1.75. The molecule has 1 aromatic rings. The van der Waals surface area contributed by atoms with E-state index in [0.29, 0.717) is 24.5 Å². The highest BCUT2D eigenvalue weighted by atomic mass is 19.4. The number of hydrogen-bond donors (Lipinski definition) is 1. The number of amidine groups is 1. The molecule has 2 rings (SSSR count). The van der Waals surface area contributed by atoms with Gasteiger partial charge in [0.15, 0.2) is 11.5 Å². The van der Waals surface area contributed by atoms with Crippen molar-refractivity contribution in [3.8, 4) is 0 Å². The number of nitrogens with zero attached hydrogens (tertiary/aromatic N) is 2. The molecule has 0 bridgehead atoms. The fourth-order valence-corrected chi connectivity index (χ4v) is 1.88. The van der Waals surface area contributed by atoms with Crippen LogP contribution in [0.2, 0.25) is 0 Å². The monoisotopic (exact) mass is 244 g/mol. The normalized spacial score (nSPS) is 24.8. The topological polar surface area (TPSA) is 38.4 Å². The molecular weight excluding hydrogens is 231 g/mol. The number of halogens is 3. The van der Waals surface area contributed by atoms with E-state index in [9.17, 15) is 13.2 Å². The molecule has 17 heavy (non-hydrogen) atoms. The Balaban J connectivity index is 2.41. The highest BCUT2D eigenvalue weighted by Crippen LogP contribution is 2.34. The molecule has 0 spiro atoms. The zero-order valence-electron chi connectivity index (χ0n) is 9.33. The number of quaternary nitrogens is 1. The molecule has 3 nitrogen and oxygen atoms in total. The Labute approximate surface area is 96.9 Å². The molecule has 1 heterocycles. The zero-order valence-corrected chi connectivity index (χ0v) is 9.33. The Morgan fingerprint density at radius 1 is 1.35 bits per heavy atom. The summed E-state index contributed by atoms with van der Waals surface area (Å²) in [4.78, 5) is 0. The van der Waals surface area contributed by atoms with E-state index in [1.54, 1.807) is 13.1 Å². The predicted molar refractivity (Wildman–Crippen MR) is 60.3 cm³/mol. The summed E-state index contributed by atoms with van der Waals surface area (Å²) in [5.41, 5.74) is 5.43. The second-order valence-electron chi connectivity index (χ2n) is 4.25. The largest absolute Gasteiger partial charge is 0.416 e. The van der Waals surface area contributed by atoms with Crippen molar-refractivity contribution < 1.29 is 13.2 Å². The lowest BCUT2D eigenvalue weighted by atomic mass is 10.2. The van der Waals surface area contributed by atoms with Gasteiger partial charge in [0.05, 0.1) is 19.0 Å². The molecule has 0 saturated carbocycles. The Hall–Kier alpha value is -1.56. The summed E-state index contributed by atoms with van der Waals surface area (Å²) < 4.78 is 37.8. The molecule has 0 unspecified atom stereocenters. The van der Waals surface area contributed by atoms with Crippen LogP contribution in [-0.2, 0) is 6.18 Å². The van der Waals surface area contributed by atoms with Crippen LogP contribution in [0.5, 0.6) is 0 Å². The summed E-state index contributed by atoms with van der Waals surface area (Å²) in [5, 5.41) is 4.18. The van der Waals surface area contributed by atoms with Gasteiger partial charge >= 0.3 is 6.18 Å². The van der Waals surface area contributed by atoms with Crippen molar-refractivity contribution >= 4 is 11.5 Å².